The standard InChI is InChI=1S/C17H20N2O4/c1-11(20)13-9-14(19-10-13)17(21)18-7-6-12-4-5-15(22-2)16(8-12)23-3/h4-5,8-10,19H,6-7H2,1-3H3,(H,18,21). The van der Waals surface area contributed by atoms with E-state index in [4.69, 9.17) is 9.47 Å². The first-order chi connectivity index (χ1) is 11.0. The molecule has 2 aromatic rings. The number of amides is 1. The molecule has 23 heavy (non-hydrogen) atoms. The molecule has 0 fully saturated rings. The molecule has 0 aliphatic heterocycles. The molecule has 1 heterocycles. The highest BCUT2D eigenvalue weighted by molar-refractivity contribution is 5.99. The van der Waals surface area contributed by atoms with E-state index in [-0.39, 0.29) is 11.7 Å². The Morgan fingerprint density at radius 3 is 2.48 bits per heavy atom. The van der Waals surface area contributed by atoms with Crippen LogP contribution in [0.2, 0.25) is 0 Å². The van der Waals surface area contributed by atoms with Gasteiger partial charge in [-0.2, -0.15) is 0 Å². The van der Waals surface area contributed by atoms with Gasteiger partial charge in [-0.1, -0.05) is 6.07 Å². The summed E-state index contributed by atoms with van der Waals surface area (Å²) in [5, 5.41) is 2.81. The van der Waals surface area contributed by atoms with Crippen LogP contribution in [0.3, 0.4) is 0 Å². The molecular formula is C17H20N2O4. The lowest BCUT2D eigenvalue weighted by Crippen LogP contribution is -2.25. The van der Waals surface area contributed by atoms with E-state index in [1.807, 2.05) is 18.2 Å². The monoisotopic (exact) mass is 316 g/mol. The summed E-state index contributed by atoms with van der Waals surface area (Å²) in [4.78, 5) is 26.0. The number of ether oxygens (including phenoxy) is 2. The van der Waals surface area contributed by atoms with Crippen molar-refractivity contribution in [3.05, 3.63) is 47.3 Å². The molecule has 0 aliphatic rings. The van der Waals surface area contributed by atoms with Crippen LogP contribution in [0.15, 0.2) is 30.5 Å². The summed E-state index contributed by atoms with van der Waals surface area (Å²) in [5.41, 5.74) is 1.90. The van der Waals surface area contributed by atoms with Crippen molar-refractivity contribution in [3.63, 3.8) is 0 Å². The second kappa shape index (κ2) is 7.49. The van der Waals surface area contributed by atoms with Gasteiger partial charge in [0.05, 0.1) is 14.2 Å². The van der Waals surface area contributed by atoms with E-state index >= 15 is 0 Å². The van der Waals surface area contributed by atoms with Gasteiger partial charge in [0.1, 0.15) is 5.69 Å². The lowest BCUT2D eigenvalue weighted by Gasteiger charge is -2.10. The number of Topliss-reactive ketones (excluding diaryl/α,β-unsaturated/α-hetero) is 1. The van der Waals surface area contributed by atoms with E-state index in [2.05, 4.69) is 10.3 Å². The van der Waals surface area contributed by atoms with Crippen molar-refractivity contribution in [2.45, 2.75) is 13.3 Å². The van der Waals surface area contributed by atoms with Crippen LogP contribution in [0.1, 0.15) is 33.3 Å². The van der Waals surface area contributed by atoms with Crippen LogP contribution in [-0.4, -0.2) is 37.4 Å². The average molecular weight is 316 g/mol. The van der Waals surface area contributed by atoms with E-state index < -0.39 is 0 Å². The average Bonchev–Trinajstić information content (AvgIpc) is 3.05. The molecule has 0 spiro atoms. The van der Waals surface area contributed by atoms with Gasteiger partial charge >= 0.3 is 0 Å². The molecule has 0 bridgehead atoms. The lowest BCUT2D eigenvalue weighted by atomic mass is 10.1. The van der Waals surface area contributed by atoms with Gasteiger partial charge in [0.15, 0.2) is 17.3 Å². The zero-order valence-corrected chi connectivity index (χ0v) is 13.4. The zero-order chi connectivity index (χ0) is 16.8. The molecule has 122 valence electrons. The number of carbonyl (C=O) groups excluding carboxylic acids is 2. The number of hydrogen-bond acceptors (Lipinski definition) is 4. The van der Waals surface area contributed by atoms with Crippen molar-refractivity contribution < 1.29 is 19.1 Å². The number of nitrogens with one attached hydrogen (secondary N) is 2. The molecule has 1 amide bonds. The fourth-order valence-electron chi connectivity index (χ4n) is 2.18. The topological polar surface area (TPSA) is 80.4 Å². The van der Waals surface area contributed by atoms with Crippen molar-refractivity contribution in [2.75, 3.05) is 20.8 Å². The Kier molecular flexibility index (Phi) is 5.41. The summed E-state index contributed by atoms with van der Waals surface area (Å²) >= 11 is 0. The highest BCUT2D eigenvalue weighted by atomic mass is 16.5. The van der Waals surface area contributed by atoms with E-state index in [1.165, 1.54) is 13.1 Å². The Balaban J connectivity index is 1.91. The van der Waals surface area contributed by atoms with Crippen LogP contribution in [0.25, 0.3) is 0 Å². The molecule has 0 saturated heterocycles. The molecule has 0 unspecified atom stereocenters. The number of methoxy groups -OCH3 is 2. The van der Waals surface area contributed by atoms with Gasteiger partial charge in [-0.25, -0.2) is 0 Å². The fraction of sp³-hybridized carbons (Fsp3) is 0.294. The first-order valence-corrected chi connectivity index (χ1v) is 7.23. The van der Waals surface area contributed by atoms with E-state index in [9.17, 15) is 9.59 Å². The van der Waals surface area contributed by atoms with Crippen molar-refractivity contribution in [3.8, 4) is 11.5 Å². The normalized spacial score (nSPS) is 10.2. The molecule has 0 atom stereocenters. The van der Waals surface area contributed by atoms with E-state index in [0.29, 0.717) is 35.7 Å². The van der Waals surface area contributed by atoms with Crippen LogP contribution >= 0.6 is 0 Å². The Morgan fingerprint density at radius 1 is 1.13 bits per heavy atom. The van der Waals surface area contributed by atoms with Gasteiger partial charge in [-0.05, 0) is 37.1 Å². The second-order valence-corrected chi connectivity index (χ2v) is 5.05. The Morgan fingerprint density at radius 2 is 1.87 bits per heavy atom. The molecule has 2 rings (SSSR count). The zero-order valence-electron chi connectivity index (χ0n) is 13.4. The third-order valence-corrected chi connectivity index (χ3v) is 3.48. The largest absolute Gasteiger partial charge is 0.493 e. The third kappa shape index (κ3) is 4.12. The summed E-state index contributed by atoms with van der Waals surface area (Å²) in [7, 11) is 3.17. The van der Waals surface area contributed by atoms with E-state index in [0.717, 1.165) is 5.56 Å². The molecule has 0 radical (unpaired) electrons. The van der Waals surface area contributed by atoms with Crippen LogP contribution < -0.4 is 14.8 Å². The maximum atomic E-state index is 12.0. The van der Waals surface area contributed by atoms with Crippen molar-refractivity contribution in [2.24, 2.45) is 0 Å². The van der Waals surface area contributed by atoms with Crippen LogP contribution in [-0.2, 0) is 6.42 Å². The van der Waals surface area contributed by atoms with E-state index in [1.54, 1.807) is 20.3 Å². The fourth-order valence-corrected chi connectivity index (χ4v) is 2.18. The molecule has 6 nitrogen and oxygen atoms in total. The second-order valence-electron chi connectivity index (χ2n) is 5.05. The Hall–Kier alpha value is -2.76. The predicted molar refractivity (Wildman–Crippen MR) is 86.4 cm³/mol. The number of aromatic amines is 1. The number of carbonyl (C=O) groups is 2. The van der Waals surface area contributed by atoms with Crippen molar-refractivity contribution in [1.82, 2.24) is 10.3 Å². The highest BCUT2D eigenvalue weighted by Crippen LogP contribution is 2.27. The molecule has 0 saturated carbocycles. The summed E-state index contributed by atoms with van der Waals surface area (Å²) in [6.07, 6.45) is 2.19. The van der Waals surface area contributed by atoms with Crippen molar-refractivity contribution >= 4 is 11.7 Å². The molecule has 0 aliphatic carbocycles. The third-order valence-electron chi connectivity index (χ3n) is 3.48. The van der Waals surface area contributed by atoms with Crippen LogP contribution in [0.4, 0.5) is 0 Å². The van der Waals surface area contributed by atoms with Gasteiger partial charge in [0.2, 0.25) is 0 Å². The van der Waals surface area contributed by atoms with Gasteiger partial charge in [-0.15, -0.1) is 0 Å². The quantitative estimate of drug-likeness (QED) is 0.768. The van der Waals surface area contributed by atoms with Crippen LogP contribution in [0.5, 0.6) is 11.5 Å². The number of hydrogen-bond donors (Lipinski definition) is 2. The molecular weight excluding hydrogens is 296 g/mol. The summed E-state index contributed by atoms with van der Waals surface area (Å²) < 4.78 is 10.4. The number of ketones is 1. The van der Waals surface area contributed by atoms with Crippen LogP contribution in [0, 0.1) is 0 Å². The molecule has 1 aromatic carbocycles. The van der Waals surface area contributed by atoms with Gasteiger partial charge in [-0.3, -0.25) is 9.59 Å². The first kappa shape index (κ1) is 16.6. The minimum atomic E-state index is -0.238. The lowest BCUT2D eigenvalue weighted by molar-refractivity contribution is 0.0949. The highest BCUT2D eigenvalue weighted by Gasteiger charge is 2.10. The first-order valence-electron chi connectivity index (χ1n) is 7.23. The summed E-state index contributed by atoms with van der Waals surface area (Å²) in [5.74, 6) is 1.01. The Bertz CT molecular complexity index is 706. The van der Waals surface area contributed by atoms with Gasteiger partial charge in [0.25, 0.3) is 5.91 Å². The number of rotatable bonds is 7. The van der Waals surface area contributed by atoms with Gasteiger partial charge in [0, 0.05) is 18.3 Å². The van der Waals surface area contributed by atoms with Gasteiger partial charge < -0.3 is 19.8 Å². The number of H-pyrrole nitrogens is 1. The SMILES string of the molecule is COc1ccc(CCNC(=O)c2cc(C(C)=O)c[nH]2)cc1OC. The number of aromatic nitrogens is 1. The molecule has 1 aromatic heterocycles. The predicted octanol–water partition coefficient (Wildman–Crippen LogP) is 2.21. The summed E-state index contributed by atoms with van der Waals surface area (Å²) in [6, 6.07) is 7.19. The maximum Gasteiger partial charge on any atom is 0.267 e. The molecule has 2 N–H and O–H groups in total. The maximum absolute atomic E-state index is 12.0. The molecule has 6 heteroatoms. The minimum Gasteiger partial charge on any atom is -0.493 e. The smallest absolute Gasteiger partial charge is 0.267 e. The van der Waals surface area contributed by atoms with Crippen molar-refractivity contribution in [1.29, 1.82) is 0 Å². The summed E-state index contributed by atoms with van der Waals surface area (Å²) in [6.45, 7) is 1.94. The number of benzene rings is 1. The minimum absolute atomic E-state index is 0.0781. The Labute approximate surface area is 134 Å².